The second-order valence-corrected chi connectivity index (χ2v) is 5.15. The van der Waals surface area contributed by atoms with Crippen LogP contribution < -0.4 is 5.32 Å². The van der Waals surface area contributed by atoms with Crippen molar-refractivity contribution in [2.24, 2.45) is 0 Å². The van der Waals surface area contributed by atoms with Crippen LogP contribution in [-0.4, -0.2) is 16.1 Å². The summed E-state index contributed by atoms with van der Waals surface area (Å²) in [4.78, 5) is 12.0. The Labute approximate surface area is 123 Å². The maximum atomic E-state index is 12.0. The molecule has 0 fully saturated rings. The van der Waals surface area contributed by atoms with E-state index < -0.39 is 0 Å². The van der Waals surface area contributed by atoms with Crippen LogP contribution in [0, 0.1) is 6.92 Å². The van der Waals surface area contributed by atoms with Crippen molar-refractivity contribution in [1.82, 2.24) is 10.2 Å². The number of hydrogen-bond donors (Lipinski definition) is 2. The molecule has 1 amide bonds. The molecule has 0 aliphatic carbocycles. The molecule has 1 heterocycles. The van der Waals surface area contributed by atoms with Gasteiger partial charge in [0, 0.05) is 17.5 Å². The van der Waals surface area contributed by atoms with Gasteiger partial charge in [-0.1, -0.05) is 24.3 Å². The van der Waals surface area contributed by atoms with Crippen molar-refractivity contribution in [3.8, 4) is 0 Å². The molecular weight excluding hydrogens is 262 g/mol. The minimum atomic E-state index is 0.0251. The molecule has 0 bridgehead atoms. The molecule has 106 valence electrons. The minimum absolute atomic E-state index is 0.0251. The summed E-state index contributed by atoms with van der Waals surface area (Å²) in [5, 5.41) is 10.8. The summed E-state index contributed by atoms with van der Waals surface area (Å²) in [5.74, 6) is 0.0251. The largest absolute Gasteiger partial charge is 0.326 e. The number of rotatable bonds is 4. The van der Waals surface area contributed by atoms with E-state index in [0.29, 0.717) is 6.42 Å². The Morgan fingerprint density at radius 3 is 2.95 bits per heavy atom. The topological polar surface area (TPSA) is 57.8 Å². The number of benzene rings is 2. The normalized spacial score (nSPS) is 10.7. The molecule has 2 N–H and O–H groups in total. The zero-order valence-corrected chi connectivity index (χ0v) is 11.9. The molecular formula is C17H17N3O. The first kappa shape index (κ1) is 13.4. The molecule has 0 aliphatic rings. The van der Waals surface area contributed by atoms with Crippen molar-refractivity contribution in [2.45, 2.75) is 19.8 Å². The molecule has 0 saturated carbocycles. The number of nitrogens with one attached hydrogen (secondary N) is 2. The Hall–Kier alpha value is -2.62. The lowest BCUT2D eigenvalue weighted by Gasteiger charge is -2.07. The molecule has 1 aromatic heterocycles. The lowest BCUT2D eigenvalue weighted by atomic mass is 10.0. The zero-order chi connectivity index (χ0) is 14.7. The Balaban J connectivity index is 1.62. The SMILES string of the molecule is Cc1ccccc1CCC(=O)Nc1ccc2cn[nH]c2c1. The van der Waals surface area contributed by atoms with E-state index in [9.17, 15) is 4.79 Å². The van der Waals surface area contributed by atoms with E-state index in [2.05, 4.69) is 34.6 Å². The van der Waals surface area contributed by atoms with Gasteiger partial charge < -0.3 is 5.32 Å². The summed E-state index contributed by atoms with van der Waals surface area (Å²) in [6, 6.07) is 13.9. The third-order valence-corrected chi connectivity index (χ3v) is 3.61. The molecule has 0 unspecified atom stereocenters. The third kappa shape index (κ3) is 3.11. The monoisotopic (exact) mass is 279 g/mol. The fraction of sp³-hybridized carbons (Fsp3) is 0.176. The van der Waals surface area contributed by atoms with Gasteiger partial charge in [0.1, 0.15) is 0 Å². The van der Waals surface area contributed by atoms with Crippen LogP contribution in [-0.2, 0) is 11.2 Å². The molecule has 3 aromatic rings. The first-order valence-corrected chi connectivity index (χ1v) is 7.00. The van der Waals surface area contributed by atoms with Gasteiger partial charge in [-0.15, -0.1) is 0 Å². The van der Waals surface area contributed by atoms with E-state index in [1.165, 1.54) is 11.1 Å². The molecule has 0 atom stereocenters. The molecule has 0 aliphatic heterocycles. The number of carbonyl (C=O) groups is 1. The van der Waals surface area contributed by atoms with Gasteiger partial charge in [-0.3, -0.25) is 9.89 Å². The van der Waals surface area contributed by atoms with Gasteiger partial charge in [0.2, 0.25) is 5.91 Å². The fourth-order valence-corrected chi connectivity index (χ4v) is 2.38. The highest BCUT2D eigenvalue weighted by Gasteiger charge is 2.05. The van der Waals surface area contributed by atoms with Gasteiger partial charge in [0.25, 0.3) is 0 Å². The summed E-state index contributed by atoms with van der Waals surface area (Å²) >= 11 is 0. The second-order valence-electron chi connectivity index (χ2n) is 5.15. The first-order valence-electron chi connectivity index (χ1n) is 7.00. The number of fused-ring (bicyclic) bond motifs is 1. The zero-order valence-electron chi connectivity index (χ0n) is 11.9. The number of aromatic amines is 1. The quantitative estimate of drug-likeness (QED) is 0.768. The molecule has 2 aromatic carbocycles. The number of aryl methyl sites for hydroxylation is 2. The summed E-state index contributed by atoms with van der Waals surface area (Å²) < 4.78 is 0. The number of nitrogens with zero attached hydrogens (tertiary/aromatic N) is 1. The minimum Gasteiger partial charge on any atom is -0.326 e. The number of hydrogen-bond acceptors (Lipinski definition) is 2. The molecule has 0 saturated heterocycles. The fourth-order valence-electron chi connectivity index (χ4n) is 2.38. The van der Waals surface area contributed by atoms with Gasteiger partial charge in [-0.05, 0) is 42.7 Å². The van der Waals surface area contributed by atoms with Crippen molar-refractivity contribution >= 4 is 22.5 Å². The van der Waals surface area contributed by atoms with Crippen LogP contribution >= 0.6 is 0 Å². The number of H-pyrrole nitrogens is 1. The Kier molecular flexibility index (Phi) is 3.69. The van der Waals surface area contributed by atoms with E-state index in [1.54, 1.807) is 6.20 Å². The van der Waals surface area contributed by atoms with E-state index in [-0.39, 0.29) is 5.91 Å². The predicted octanol–water partition coefficient (Wildman–Crippen LogP) is 3.44. The van der Waals surface area contributed by atoms with Gasteiger partial charge in [-0.25, -0.2) is 0 Å². The molecule has 4 nitrogen and oxygen atoms in total. The van der Waals surface area contributed by atoms with Crippen molar-refractivity contribution in [2.75, 3.05) is 5.32 Å². The Morgan fingerprint density at radius 1 is 1.24 bits per heavy atom. The van der Waals surface area contributed by atoms with Gasteiger partial charge in [-0.2, -0.15) is 5.10 Å². The van der Waals surface area contributed by atoms with Crippen LogP contribution in [0.1, 0.15) is 17.5 Å². The lowest BCUT2D eigenvalue weighted by molar-refractivity contribution is -0.116. The Morgan fingerprint density at radius 2 is 2.10 bits per heavy atom. The van der Waals surface area contributed by atoms with Crippen molar-refractivity contribution in [3.63, 3.8) is 0 Å². The number of aromatic nitrogens is 2. The molecule has 0 spiro atoms. The van der Waals surface area contributed by atoms with Crippen molar-refractivity contribution in [1.29, 1.82) is 0 Å². The van der Waals surface area contributed by atoms with E-state index in [1.807, 2.05) is 30.3 Å². The van der Waals surface area contributed by atoms with Crippen LogP contribution in [0.5, 0.6) is 0 Å². The maximum absolute atomic E-state index is 12.0. The van der Waals surface area contributed by atoms with Crippen molar-refractivity contribution in [3.05, 3.63) is 59.8 Å². The average Bonchev–Trinajstić information content (AvgIpc) is 2.94. The summed E-state index contributed by atoms with van der Waals surface area (Å²) in [5.41, 5.74) is 4.16. The third-order valence-electron chi connectivity index (χ3n) is 3.61. The predicted molar refractivity (Wildman–Crippen MR) is 84.2 cm³/mol. The van der Waals surface area contributed by atoms with Crippen LogP contribution in [0.3, 0.4) is 0 Å². The lowest BCUT2D eigenvalue weighted by Crippen LogP contribution is -2.12. The van der Waals surface area contributed by atoms with E-state index in [4.69, 9.17) is 0 Å². The molecule has 3 rings (SSSR count). The average molecular weight is 279 g/mol. The summed E-state index contributed by atoms with van der Waals surface area (Å²) in [6.07, 6.45) is 3.00. The highest BCUT2D eigenvalue weighted by atomic mass is 16.1. The number of carbonyl (C=O) groups excluding carboxylic acids is 1. The standard InChI is InChI=1S/C17H17N3O/c1-12-4-2-3-5-13(12)7-9-17(21)19-15-8-6-14-11-18-20-16(14)10-15/h2-6,8,10-11H,7,9H2,1H3,(H,18,20)(H,19,21). The van der Waals surface area contributed by atoms with Crippen LogP contribution in [0.2, 0.25) is 0 Å². The van der Waals surface area contributed by atoms with Crippen LogP contribution in [0.4, 0.5) is 5.69 Å². The molecule has 4 heteroatoms. The van der Waals surface area contributed by atoms with E-state index in [0.717, 1.165) is 23.0 Å². The second kappa shape index (κ2) is 5.79. The van der Waals surface area contributed by atoms with Crippen LogP contribution in [0.15, 0.2) is 48.7 Å². The first-order chi connectivity index (χ1) is 10.2. The van der Waals surface area contributed by atoms with E-state index >= 15 is 0 Å². The van der Waals surface area contributed by atoms with Crippen LogP contribution in [0.25, 0.3) is 10.9 Å². The van der Waals surface area contributed by atoms with Gasteiger partial charge >= 0.3 is 0 Å². The van der Waals surface area contributed by atoms with Crippen molar-refractivity contribution < 1.29 is 4.79 Å². The summed E-state index contributed by atoms with van der Waals surface area (Å²) in [7, 11) is 0. The molecule has 21 heavy (non-hydrogen) atoms. The maximum Gasteiger partial charge on any atom is 0.224 e. The van der Waals surface area contributed by atoms with Gasteiger partial charge in [0.05, 0.1) is 11.7 Å². The number of amides is 1. The Bertz CT molecular complexity index is 776. The van der Waals surface area contributed by atoms with Gasteiger partial charge in [0.15, 0.2) is 0 Å². The highest BCUT2D eigenvalue weighted by Crippen LogP contribution is 2.17. The number of anilines is 1. The summed E-state index contributed by atoms with van der Waals surface area (Å²) in [6.45, 7) is 2.07. The highest BCUT2D eigenvalue weighted by molar-refractivity contribution is 5.93. The smallest absolute Gasteiger partial charge is 0.224 e. The molecule has 0 radical (unpaired) electrons.